The number of thiophene rings is 1. The Morgan fingerprint density at radius 2 is 1.96 bits per heavy atom. The number of benzene rings is 1. The summed E-state index contributed by atoms with van der Waals surface area (Å²) in [6, 6.07) is 7.73. The lowest BCUT2D eigenvalue weighted by molar-refractivity contribution is -0.384. The zero-order chi connectivity index (χ0) is 20.1. The van der Waals surface area contributed by atoms with Crippen molar-refractivity contribution in [2.24, 2.45) is 0 Å². The van der Waals surface area contributed by atoms with Gasteiger partial charge in [0.1, 0.15) is 0 Å². The van der Waals surface area contributed by atoms with Crippen molar-refractivity contribution in [1.82, 2.24) is 10.6 Å². The number of non-ortho nitro benzene ring substituents is 1. The Balaban J connectivity index is 1.56. The zero-order valence-corrected chi connectivity index (χ0v) is 16.6. The van der Waals surface area contributed by atoms with Gasteiger partial charge in [-0.05, 0) is 30.4 Å². The summed E-state index contributed by atoms with van der Waals surface area (Å²) in [6.07, 6.45) is 4.33. The summed E-state index contributed by atoms with van der Waals surface area (Å²) < 4.78 is 0. The van der Waals surface area contributed by atoms with Crippen LogP contribution in [0.15, 0.2) is 35.7 Å². The lowest BCUT2D eigenvalue weighted by atomic mass is 9.84. The highest BCUT2D eigenvalue weighted by Gasteiger charge is 2.36. The number of carbonyl (C=O) groups is 2. The summed E-state index contributed by atoms with van der Waals surface area (Å²) in [5, 5.41) is 18.4. The van der Waals surface area contributed by atoms with E-state index in [1.807, 2.05) is 11.4 Å². The molecule has 0 aliphatic heterocycles. The molecule has 1 fully saturated rings. The van der Waals surface area contributed by atoms with Gasteiger partial charge in [-0.2, -0.15) is 0 Å². The van der Waals surface area contributed by atoms with Gasteiger partial charge in [0.15, 0.2) is 0 Å². The molecule has 1 aromatic heterocycles. The second-order valence-corrected chi connectivity index (χ2v) is 8.20. The number of hydrogen-bond donors (Lipinski definition) is 2. The maximum Gasteiger partial charge on any atom is 0.270 e. The number of nitrogens with zero attached hydrogens (tertiary/aromatic N) is 1. The van der Waals surface area contributed by atoms with Crippen molar-refractivity contribution in [1.29, 1.82) is 0 Å². The number of hydrogen-bond acceptors (Lipinski definition) is 5. The molecule has 0 bridgehead atoms. The summed E-state index contributed by atoms with van der Waals surface area (Å²) >= 11 is 7.65. The molecule has 0 atom stereocenters. The molecule has 0 saturated heterocycles. The SMILES string of the molecule is O=C(CNC(=O)c1cc([N+](=O)[O-])ccc1Cl)NCC1(c2cccs2)CCCC1. The van der Waals surface area contributed by atoms with Crippen LogP contribution in [0.3, 0.4) is 0 Å². The molecule has 0 unspecified atom stereocenters. The highest BCUT2D eigenvalue weighted by atomic mass is 35.5. The van der Waals surface area contributed by atoms with Crippen molar-refractivity contribution in [2.45, 2.75) is 31.1 Å². The van der Waals surface area contributed by atoms with Gasteiger partial charge in [-0.15, -0.1) is 11.3 Å². The Bertz CT molecular complexity index is 879. The highest BCUT2D eigenvalue weighted by molar-refractivity contribution is 7.10. The molecule has 1 aromatic carbocycles. The topological polar surface area (TPSA) is 101 Å². The first kappa shape index (κ1) is 20.3. The zero-order valence-electron chi connectivity index (χ0n) is 15.1. The monoisotopic (exact) mass is 421 g/mol. The van der Waals surface area contributed by atoms with Crippen LogP contribution in [0, 0.1) is 10.1 Å². The molecular weight excluding hydrogens is 402 g/mol. The first-order valence-corrected chi connectivity index (χ1v) is 10.2. The fraction of sp³-hybridized carbons (Fsp3) is 0.368. The third-order valence-corrected chi connectivity index (χ3v) is 6.49. The molecule has 2 N–H and O–H groups in total. The van der Waals surface area contributed by atoms with Gasteiger partial charge in [-0.1, -0.05) is 30.5 Å². The molecule has 1 aliphatic rings. The van der Waals surface area contributed by atoms with E-state index in [9.17, 15) is 19.7 Å². The van der Waals surface area contributed by atoms with Gasteiger partial charge in [0.2, 0.25) is 5.91 Å². The molecule has 3 rings (SSSR count). The van der Waals surface area contributed by atoms with Crippen LogP contribution in [-0.2, 0) is 10.2 Å². The molecule has 1 heterocycles. The van der Waals surface area contributed by atoms with Crippen molar-refractivity contribution in [3.05, 3.63) is 61.3 Å². The summed E-state index contributed by atoms with van der Waals surface area (Å²) in [5.74, 6) is -0.935. The number of nitrogens with one attached hydrogen (secondary N) is 2. The third kappa shape index (κ3) is 4.51. The minimum Gasteiger partial charge on any atom is -0.354 e. The Morgan fingerprint density at radius 3 is 2.61 bits per heavy atom. The fourth-order valence-corrected chi connectivity index (χ4v) is 4.72. The van der Waals surface area contributed by atoms with E-state index in [0.717, 1.165) is 31.7 Å². The van der Waals surface area contributed by atoms with E-state index in [1.165, 1.54) is 17.0 Å². The molecule has 1 aliphatic carbocycles. The van der Waals surface area contributed by atoms with E-state index in [0.29, 0.717) is 6.54 Å². The van der Waals surface area contributed by atoms with Crippen LogP contribution in [0.5, 0.6) is 0 Å². The maximum absolute atomic E-state index is 12.3. The molecule has 0 spiro atoms. The number of nitro groups is 1. The summed E-state index contributed by atoms with van der Waals surface area (Å²) in [6.45, 7) is 0.304. The van der Waals surface area contributed by atoms with E-state index in [4.69, 9.17) is 11.6 Å². The summed E-state index contributed by atoms with van der Waals surface area (Å²) in [7, 11) is 0. The largest absolute Gasteiger partial charge is 0.354 e. The molecule has 1 saturated carbocycles. The molecule has 9 heteroatoms. The second-order valence-electron chi connectivity index (χ2n) is 6.85. The maximum atomic E-state index is 12.3. The predicted octanol–water partition coefficient (Wildman–Crippen LogP) is 3.67. The van der Waals surface area contributed by atoms with E-state index in [-0.39, 0.29) is 34.1 Å². The van der Waals surface area contributed by atoms with Crippen molar-refractivity contribution in [2.75, 3.05) is 13.1 Å². The Morgan fingerprint density at radius 1 is 1.21 bits per heavy atom. The minimum absolute atomic E-state index is 0.0306. The van der Waals surface area contributed by atoms with Crippen molar-refractivity contribution < 1.29 is 14.5 Å². The normalized spacial score (nSPS) is 15.2. The van der Waals surface area contributed by atoms with Crippen molar-refractivity contribution >= 4 is 40.4 Å². The van der Waals surface area contributed by atoms with Gasteiger partial charge in [0.05, 0.1) is 22.1 Å². The van der Waals surface area contributed by atoms with Crippen molar-refractivity contribution in [3.63, 3.8) is 0 Å². The van der Waals surface area contributed by atoms with E-state index < -0.39 is 10.8 Å². The average molecular weight is 422 g/mol. The smallest absolute Gasteiger partial charge is 0.270 e. The van der Waals surface area contributed by atoms with Crippen LogP contribution < -0.4 is 10.6 Å². The van der Waals surface area contributed by atoms with Gasteiger partial charge < -0.3 is 10.6 Å². The first-order chi connectivity index (χ1) is 13.4. The van der Waals surface area contributed by atoms with Crippen molar-refractivity contribution in [3.8, 4) is 0 Å². The molecule has 148 valence electrons. The Labute approximate surface area is 171 Å². The van der Waals surface area contributed by atoms with Crippen LogP contribution in [0.2, 0.25) is 5.02 Å². The predicted molar refractivity (Wildman–Crippen MR) is 108 cm³/mol. The number of amides is 2. The van der Waals surface area contributed by atoms with Crippen LogP contribution in [-0.4, -0.2) is 29.8 Å². The molecule has 7 nitrogen and oxygen atoms in total. The van der Waals surface area contributed by atoms with Gasteiger partial charge in [-0.3, -0.25) is 19.7 Å². The van der Waals surface area contributed by atoms with Gasteiger partial charge in [0.25, 0.3) is 11.6 Å². The highest BCUT2D eigenvalue weighted by Crippen LogP contribution is 2.42. The molecule has 0 radical (unpaired) electrons. The van der Waals surface area contributed by atoms with Crippen LogP contribution in [0.4, 0.5) is 5.69 Å². The number of halogens is 1. The van der Waals surface area contributed by atoms with E-state index in [2.05, 4.69) is 16.7 Å². The number of carbonyl (C=O) groups excluding carboxylic acids is 2. The number of nitro benzene ring substituents is 1. The fourth-order valence-electron chi connectivity index (χ4n) is 3.53. The van der Waals surface area contributed by atoms with Gasteiger partial charge in [0, 0.05) is 29.0 Å². The Kier molecular flexibility index (Phi) is 6.31. The van der Waals surface area contributed by atoms with E-state index in [1.54, 1.807) is 11.3 Å². The van der Waals surface area contributed by atoms with E-state index >= 15 is 0 Å². The summed E-state index contributed by atoms with van der Waals surface area (Å²) in [4.78, 5) is 36.0. The lowest BCUT2D eigenvalue weighted by Gasteiger charge is -2.28. The van der Waals surface area contributed by atoms with Crippen LogP contribution in [0.1, 0.15) is 40.9 Å². The molecular formula is C19H20ClN3O4S. The Hall–Kier alpha value is -2.45. The minimum atomic E-state index is -0.627. The molecule has 2 aromatic rings. The number of rotatable bonds is 7. The quantitative estimate of drug-likeness (QED) is 0.526. The third-order valence-electron chi connectivity index (χ3n) is 5.04. The van der Waals surface area contributed by atoms with Gasteiger partial charge >= 0.3 is 0 Å². The standard InChI is InChI=1S/C19H20ClN3O4S/c20-15-6-5-13(23(26)27)10-14(15)18(25)21-11-17(24)22-12-19(7-1-2-8-19)16-4-3-9-28-16/h3-6,9-10H,1-2,7-8,11-12H2,(H,21,25)(H,22,24). The second kappa shape index (κ2) is 8.70. The van der Waals surface area contributed by atoms with Gasteiger partial charge in [-0.25, -0.2) is 0 Å². The first-order valence-electron chi connectivity index (χ1n) is 8.94. The van der Waals surface area contributed by atoms with Crippen LogP contribution in [0.25, 0.3) is 0 Å². The molecule has 2 amide bonds. The van der Waals surface area contributed by atoms with Crippen LogP contribution >= 0.6 is 22.9 Å². The molecule has 28 heavy (non-hydrogen) atoms. The summed E-state index contributed by atoms with van der Waals surface area (Å²) in [5.41, 5.74) is -0.301. The average Bonchev–Trinajstić information content (AvgIpc) is 3.37. The lowest BCUT2D eigenvalue weighted by Crippen LogP contribution is -2.43.